The first kappa shape index (κ1) is 13.5. The van der Waals surface area contributed by atoms with Crippen LogP contribution >= 0.6 is 0 Å². The lowest BCUT2D eigenvalue weighted by molar-refractivity contribution is 0.528. The summed E-state index contributed by atoms with van der Waals surface area (Å²) in [7, 11) is 2.02. The summed E-state index contributed by atoms with van der Waals surface area (Å²) in [5, 5.41) is 12.3. The predicted molar refractivity (Wildman–Crippen MR) is 72.1 cm³/mol. The first-order valence-electron chi connectivity index (χ1n) is 5.96. The van der Waals surface area contributed by atoms with Crippen LogP contribution in [0.25, 0.3) is 0 Å². The van der Waals surface area contributed by atoms with Gasteiger partial charge in [0.25, 0.3) is 0 Å². The Morgan fingerprint density at radius 2 is 2.12 bits per heavy atom. The Kier molecular flexibility index (Phi) is 4.99. The van der Waals surface area contributed by atoms with Crippen molar-refractivity contribution in [2.75, 3.05) is 18.5 Å². The standard InChI is InChI=1S/C14H21N3/c1-11(2)16-13(9-15)10-17(4)14-7-5-6-12(3)8-14/h5-8,11,13,16H,10H2,1-4H3. The maximum absolute atomic E-state index is 9.09. The predicted octanol–water partition coefficient (Wildman–Crippen LogP) is 2.32. The maximum Gasteiger partial charge on any atom is 0.113 e. The second-order valence-electron chi connectivity index (χ2n) is 4.72. The number of nitriles is 1. The molecule has 0 heterocycles. The van der Waals surface area contributed by atoms with Crippen LogP contribution < -0.4 is 10.2 Å². The Balaban J connectivity index is 2.65. The third-order valence-electron chi connectivity index (χ3n) is 2.59. The largest absolute Gasteiger partial charge is 0.372 e. The van der Waals surface area contributed by atoms with Gasteiger partial charge in [-0.1, -0.05) is 12.1 Å². The molecule has 0 aliphatic carbocycles. The molecular weight excluding hydrogens is 210 g/mol. The van der Waals surface area contributed by atoms with Crippen molar-refractivity contribution in [3.05, 3.63) is 29.8 Å². The molecule has 0 spiro atoms. The van der Waals surface area contributed by atoms with Crippen LogP contribution in [0.3, 0.4) is 0 Å². The maximum atomic E-state index is 9.09. The Morgan fingerprint density at radius 1 is 1.41 bits per heavy atom. The second-order valence-corrected chi connectivity index (χ2v) is 4.72. The van der Waals surface area contributed by atoms with E-state index in [0.717, 1.165) is 5.69 Å². The summed E-state index contributed by atoms with van der Waals surface area (Å²) < 4.78 is 0. The Labute approximate surface area is 104 Å². The van der Waals surface area contributed by atoms with Gasteiger partial charge in [0.2, 0.25) is 0 Å². The van der Waals surface area contributed by atoms with Gasteiger partial charge in [-0.25, -0.2) is 0 Å². The molecule has 0 radical (unpaired) electrons. The van der Waals surface area contributed by atoms with Crippen LogP contribution in [-0.4, -0.2) is 25.7 Å². The van der Waals surface area contributed by atoms with E-state index in [1.807, 2.05) is 13.1 Å². The third kappa shape index (κ3) is 4.46. The molecule has 1 atom stereocenters. The molecule has 0 saturated heterocycles. The molecule has 0 aromatic heterocycles. The van der Waals surface area contributed by atoms with Gasteiger partial charge in [0.15, 0.2) is 0 Å². The lowest BCUT2D eigenvalue weighted by Gasteiger charge is -2.24. The molecule has 1 N–H and O–H groups in total. The Bertz CT molecular complexity index is 393. The van der Waals surface area contributed by atoms with E-state index in [1.165, 1.54) is 5.56 Å². The van der Waals surface area contributed by atoms with Crippen molar-refractivity contribution in [3.8, 4) is 6.07 Å². The fourth-order valence-corrected chi connectivity index (χ4v) is 1.78. The fraction of sp³-hybridized carbons (Fsp3) is 0.500. The molecule has 1 aromatic carbocycles. The SMILES string of the molecule is Cc1cccc(N(C)CC(C#N)NC(C)C)c1. The topological polar surface area (TPSA) is 39.1 Å². The number of anilines is 1. The molecular formula is C14H21N3. The number of nitrogens with one attached hydrogen (secondary N) is 1. The van der Waals surface area contributed by atoms with Crippen LogP contribution in [0.4, 0.5) is 5.69 Å². The van der Waals surface area contributed by atoms with Gasteiger partial charge in [0.1, 0.15) is 6.04 Å². The van der Waals surface area contributed by atoms with E-state index in [-0.39, 0.29) is 6.04 Å². The van der Waals surface area contributed by atoms with Crippen molar-refractivity contribution >= 4 is 5.69 Å². The number of nitrogens with zero attached hydrogens (tertiary/aromatic N) is 2. The number of rotatable bonds is 5. The van der Waals surface area contributed by atoms with E-state index in [4.69, 9.17) is 5.26 Å². The normalized spacial score (nSPS) is 12.2. The highest BCUT2D eigenvalue weighted by Gasteiger charge is 2.11. The molecule has 1 aromatic rings. The molecule has 1 rings (SSSR count). The summed E-state index contributed by atoms with van der Waals surface area (Å²) in [5.74, 6) is 0. The number of likely N-dealkylation sites (N-methyl/N-ethyl adjacent to an activating group) is 1. The van der Waals surface area contributed by atoms with Crippen molar-refractivity contribution in [2.45, 2.75) is 32.9 Å². The average Bonchev–Trinajstić information content (AvgIpc) is 2.27. The van der Waals surface area contributed by atoms with Gasteiger partial charge in [-0.05, 0) is 38.5 Å². The smallest absolute Gasteiger partial charge is 0.113 e. The molecule has 0 aliphatic heterocycles. The average molecular weight is 231 g/mol. The molecule has 0 saturated carbocycles. The van der Waals surface area contributed by atoms with E-state index in [0.29, 0.717) is 12.6 Å². The van der Waals surface area contributed by atoms with Crippen LogP contribution in [0.15, 0.2) is 24.3 Å². The third-order valence-corrected chi connectivity index (χ3v) is 2.59. The Morgan fingerprint density at radius 3 is 2.65 bits per heavy atom. The number of hydrogen-bond donors (Lipinski definition) is 1. The molecule has 0 bridgehead atoms. The highest BCUT2D eigenvalue weighted by atomic mass is 15.1. The van der Waals surface area contributed by atoms with Crippen LogP contribution in [0.5, 0.6) is 0 Å². The minimum atomic E-state index is -0.138. The minimum absolute atomic E-state index is 0.138. The van der Waals surface area contributed by atoms with E-state index in [1.54, 1.807) is 0 Å². The zero-order valence-corrected chi connectivity index (χ0v) is 11.1. The lowest BCUT2D eigenvalue weighted by atomic mass is 10.2. The highest BCUT2D eigenvalue weighted by molar-refractivity contribution is 5.48. The summed E-state index contributed by atoms with van der Waals surface area (Å²) >= 11 is 0. The fourth-order valence-electron chi connectivity index (χ4n) is 1.78. The quantitative estimate of drug-likeness (QED) is 0.845. The van der Waals surface area contributed by atoms with E-state index in [9.17, 15) is 0 Å². The molecule has 17 heavy (non-hydrogen) atoms. The molecule has 0 aliphatic rings. The first-order chi connectivity index (χ1) is 8.02. The van der Waals surface area contributed by atoms with Crippen molar-refractivity contribution in [2.24, 2.45) is 0 Å². The molecule has 3 nitrogen and oxygen atoms in total. The zero-order chi connectivity index (χ0) is 12.8. The summed E-state index contributed by atoms with van der Waals surface area (Å²) in [6, 6.07) is 10.8. The van der Waals surface area contributed by atoms with Gasteiger partial charge in [-0.2, -0.15) is 5.26 Å². The molecule has 92 valence electrons. The van der Waals surface area contributed by atoms with Gasteiger partial charge in [-0.3, -0.25) is 5.32 Å². The van der Waals surface area contributed by atoms with Crippen LogP contribution in [0.2, 0.25) is 0 Å². The Hall–Kier alpha value is -1.53. The molecule has 0 amide bonds. The van der Waals surface area contributed by atoms with Crippen molar-refractivity contribution < 1.29 is 0 Å². The summed E-state index contributed by atoms with van der Waals surface area (Å²) in [6.07, 6.45) is 0. The second kappa shape index (κ2) is 6.27. The van der Waals surface area contributed by atoms with Crippen molar-refractivity contribution in [1.29, 1.82) is 5.26 Å². The minimum Gasteiger partial charge on any atom is -0.372 e. The van der Waals surface area contributed by atoms with E-state index >= 15 is 0 Å². The van der Waals surface area contributed by atoms with Crippen molar-refractivity contribution in [1.82, 2.24) is 5.32 Å². The highest BCUT2D eigenvalue weighted by Crippen LogP contribution is 2.14. The van der Waals surface area contributed by atoms with Crippen LogP contribution in [0, 0.1) is 18.3 Å². The van der Waals surface area contributed by atoms with Gasteiger partial charge in [0.05, 0.1) is 6.07 Å². The molecule has 1 unspecified atom stereocenters. The van der Waals surface area contributed by atoms with Crippen LogP contribution in [0.1, 0.15) is 19.4 Å². The van der Waals surface area contributed by atoms with Crippen molar-refractivity contribution in [3.63, 3.8) is 0 Å². The molecule has 0 fully saturated rings. The lowest BCUT2D eigenvalue weighted by Crippen LogP contribution is -2.41. The van der Waals surface area contributed by atoms with Gasteiger partial charge in [0, 0.05) is 25.3 Å². The summed E-state index contributed by atoms with van der Waals surface area (Å²) in [4.78, 5) is 2.11. The number of benzene rings is 1. The van der Waals surface area contributed by atoms with Crippen LogP contribution in [-0.2, 0) is 0 Å². The van der Waals surface area contributed by atoms with Gasteiger partial charge < -0.3 is 4.90 Å². The number of aryl methyl sites for hydroxylation is 1. The summed E-state index contributed by atoms with van der Waals surface area (Å²) in [5.41, 5.74) is 2.38. The summed E-state index contributed by atoms with van der Waals surface area (Å²) in [6.45, 7) is 6.87. The molecule has 3 heteroatoms. The first-order valence-corrected chi connectivity index (χ1v) is 5.96. The van der Waals surface area contributed by atoms with Gasteiger partial charge >= 0.3 is 0 Å². The van der Waals surface area contributed by atoms with Gasteiger partial charge in [-0.15, -0.1) is 0 Å². The monoisotopic (exact) mass is 231 g/mol. The zero-order valence-electron chi connectivity index (χ0n) is 11.1. The van der Waals surface area contributed by atoms with E-state index < -0.39 is 0 Å². The number of hydrogen-bond acceptors (Lipinski definition) is 3. The van der Waals surface area contributed by atoms with E-state index in [2.05, 4.69) is 55.3 Å².